The van der Waals surface area contributed by atoms with Crippen LogP contribution in [0.3, 0.4) is 0 Å². The first kappa shape index (κ1) is 23.2. The zero-order valence-electron chi connectivity index (χ0n) is 18.3. The molecule has 0 aliphatic rings. The van der Waals surface area contributed by atoms with Crippen molar-refractivity contribution in [1.29, 1.82) is 0 Å². The number of aromatic nitrogens is 1. The van der Waals surface area contributed by atoms with Gasteiger partial charge in [0.05, 0.1) is 24.3 Å². The number of unbranched alkanes of at least 4 members (excludes halogenated alkanes) is 1. The molecule has 0 aliphatic carbocycles. The van der Waals surface area contributed by atoms with Crippen LogP contribution in [0.1, 0.15) is 76.1 Å². The number of ether oxygens (including phenoxy) is 2. The van der Waals surface area contributed by atoms with E-state index in [0.29, 0.717) is 46.9 Å². The Bertz CT molecular complexity index is 913. The molecule has 0 saturated carbocycles. The van der Waals surface area contributed by atoms with Crippen LogP contribution in [0.25, 0.3) is 0 Å². The normalized spacial score (nSPS) is 10.6. The Balaban J connectivity index is 2.20. The molecule has 162 valence electrons. The van der Waals surface area contributed by atoms with Crippen molar-refractivity contribution in [3.8, 4) is 0 Å². The van der Waals surface area contributed by atoms with Gasteiger partial charge in [0.1, 0.15) is 5.69 Å². The zero-order chi connectivity index (χ0) is 22.3. The first-order chi connectivity index (χ1) is 14.3. The molecule has 0 unspecified atom stereocenters. The van der Waals surface area contributed by atoms with Gasteiger partial charge in [-0.1, -0.05) is 13.3 Å². The summed E-state index contributed by atoms with van der Waals surface area (Å²) in [5, 5.41) is 2.84. The molecule has 30 heavy (non-hydrogen) atoms. The standard InChI is InChI=1S/C23H30N2O5/c1-6-9-14-30-22(27)17-10-12-18(13-11-17)24-21(26)19-15(4)20(23(28)29-8-3)25(7-2)16(19)5/h10-13H,6-9,14H2,1-5H3,(H,24,26). The fourth-order valence-electron chi connectivity index (χ4n) is 3.36. The van der Waals surface area contributed by atoms with Crippen molar-refractivity contribution in [3.05, 3.63) is 52.3 Å². The van der Waals surface area contributed by atoms with Gasteiger partial charge in [-0.2, -0.15) is 0 Å². The molecule has 0 spiro atoms. The molecule has 7 nitrogen and oxygen atoms in total. The Morgan fingerprint density at radius 2 is 1.63 bits per heavy atom. The molecule has 1 aromatic carbocycles. The molecule has 1 amide bonds. The fourth-order valence-corrected chi connectivity index (χ4v) is 3.36. The second kappa shape index (κ2) is 10.6. The van der Waals surface area contributed by atoms with E-state index in [9.17, 15) is 14.4 Å². The summed E-state index contributed by atoms with van der Waals surface area (Å²) in [5.74, 6) is -1.14. The van der Waals surface area contributed by atoms with Crippen LogP contribution >= 0.6 is 0 Å². The van der Waals surface area contributed by atoms with Gasteiger partial charge in [0.15, 0.2) is 0 Å². The molecule has 0 saturated heterocycles. The number of carbonyl (C=O) groups excluding carboxylic acids is 3. The minimum atomic E-state index is -0.440. The van der Waals surface area contributed by atoms with Gasteiger partial charge < -0.3 is 19.4 Å². The predicted molar refractivity (Wildman–Crippen MR) is 115 cm³/mol. The van der Waals surface area contributed by atoms with Gasteiger partial charge in [0.25, 0.3) is 5.91 Å². The van der Waals surface area contributed by atoms with Gasteiger partial charge >= 0.3 is 11.9 Å². The molecule has 0 aliphatic heterocycles. The average Bonchev–Trinajstić information content (AvgIpc) is 2.98. The first-order valence-corrected chi connectivity index (χ1v) is 10.3. The maximum atomic E-state index is 12.9. The number of benzene rings is 1. The number of nitrogens with zero attached hydrogens (tertiary/aromatic N) is 1. The fraction of sp³-hybridized carbons (Fsp3) is 0.435. The molecule has 1 heterocycles. The first-order valence-electron chi connectivity index (χ1n) is 10.3. The summed E-state index contributed by atoms with van der Waals surface area (Å²) in [6.07, 6.45) is 1.78. The minimum absolute atomic E-state index is 0.265. The SMILES string of the molecule is CCCCOC(=O)c1ccc(NC(=O)c2c(C)c(C(=O)OCC)n(CC)c2C)cc1. The van der Waals surface area contributed by atoms with Crippen LogP contribution in [-0.2, 0) is 16.0 Å². The van der Waals surface area contributed by atoms with Gasteiger partial charge in [-0.25, -0.2) is 9.59 Å². The summed E-state index contributed by atoms with van der Waals surface area (Å²) in [6, 6.07) is 6.54. The zero-order valence-corrected chi connectivity index (χ0v) is 18.3. The van der Waals surface area contributed by atoms with E-state index >= 15 is 0 Å². The highest BCUT2D eigenvalue weighted by Gasteiger charge is 2.26. The van der Waals surface area contributed by atoms with Gasteiger partial charge in [-0.3, -0.25) is 4.79 Å². The highest BCUT2D eigenvalue weighted by Crippen LogP contribution is 2.24. The second-order valence-corrected chi connectivity index (χ2v) is 6.92. The van der Waals surface area contributed by atoms with E-state index in [1.165, 1.54) is 0 Å². The van der Waals surface area contributed by atoms with Crippen molar-refractivity contribution in [2.45, 2.75) is 54.0 Å². The van der Waals surface area contributed by atoms with Crippen LogP contribution in [0.15, 0.2) is 24.3 Å². The van der Waals surface area contributed by atoms with E-state index in [4.69, 9.17) is 9.47 Å². The van der Waals surface area contributed by atoms with Crippen molar-refractivity contribution < 1.29 is 23.9 Å². The van der Waals surface area contributed by atoms with Crippen LogP contribution in [0.2, 0.25) is 0 Å². The summed E-state index contributed by atoms with van der Waals surface area (Å²) < 4.78 is 12.1. The highest BCUT2D eigenvalue weighted by atomic mass is 16.5. The molecule has 1 aromatic heterocycles. The van der Waals surface area contributed by atoms with Gasteiger partial charge in [-0.15, -0.1) is 0 Å². The number of anilines is 1. The van der Waals surface area contributed by atoms with Gasteiger partial charge in [0.2, 0.25) is 0 Å². The van der Waals surface area contributed by atoms with Crippen LogP contribution < -0.4 is 5.32 Å². The molecule has 0 fully saturated rings. The van der Waals surface area contributed by atoms with E-state index in [2.05, 4.69) is 5.32 Å². The molecule has 0 radical (unpaired) electrons. The van der Waals surface area contributed by atoms with E-state index < -0.39 is 5.97 Å². The third-order valence-corrected chi connectivity index (χ3v) is 4.89. The molecule has 2 aromatic rings. The van der Waals surface area contributed by atoms with Gasteiger partial charge in [0, 0.05) is 17.9 Å². The van der Waals surface area contributed by atoms with Crippen molar-refractivity contribution >= 4 is 23.5 Å². The largest absolute Gasteiger partial charge is 0.462 e. The number of amides is 1. The number of nitrogens with one attached hydrogen (secondary N) is 1. The lowest BCUT2D eigenvalue weighted by Crippen LogP contribution is -2.14. The Kier molecular flexibility index (Phi) is 8.21. The number of hydrogen-bond acceptors (Lipinski definition) is 5. The van der Waals surface area contributed by atoms with Gasteiger partial charge in [-0.05, 0) is 63.9 Å². The Morgan fingerprint density at radius 1 is 0.967 bits per heavy atom. The van der Waals surface area contributed by atoms with Crippen LogP contribution in [-0.4, -0.2) is 35.6 Å². The Labute approximate surface area is 177 Å². The lowest BCUT2D eigenvalue weighted by Gasteiger charge is -2.09. The summed E-state index contributed by atoms with van der Waals surface area (Å²) in [6.45, 7) is 10.4. The summed E-state index contributed by atoms with van der Waals surface area (Å²) >= 11 is 0. The average molecular weight is 415 g/mol. The third kappa shape index (κ3) is 5.09. The molecule has 0 atom stereocenters. The Hall–Kier alpha value is -3.09. The van der Waals surface area contributed by atoms with E-state index in [1.54, 1.807) is 42.7 Å². The summed E-state index contributed by atoms with van der Waals surface area (Å²) in [4.78, 5) is 37.3. The lowest BCUT2D eigenvalue weighted by atomic mass is 10.1. The molecule has 2 rings (SSSR count). The molecular weight excluding hydrogens is 384 g/mol. The number of rotatable bonds is 9. The van der Waals surface area contributed by atoms with Crippen LogP contribution in [0, 0.1) is 13.8 Å². The summed E-state index contributed by atoms with van der Waals surface area (Å²) in [7, 11) is 0. The highest BCUT2D eigenvalue weighted by molar-refractivity contribution is 6.08. The molecule has 7 heteroatoms. The van der Waals surface area contributed by atoms with Crippen molar-refractivity contribution in [2.75, 3.05) is 18.5 Å². The molecule has 0 bridgehead atoms. The monoisotopic (exact) mass is 414 g/mol. The smallest absolute Gasteiger partial charge is 0.355 e. The summed E-state index contributed by atoms with van der Waals surface area (Å²) in [5.41, 5.74) is 3.10. The van der Waals surface area contributed by atoms with Crippen molar-refractivity contribution in [2.24, 2.45) is 0 Å². The number of hydrogen-bond donors (Lipinski definition) is 1. The number of carbonyl (C=O) groups is 3. The quantitative estimate of drug-likeness (QED) is 0.482. The van der Waals surface area contributed by atoms with Crippen molar-refractivity contribution in [1.82, 2.24) is 4.57 Å². The molecule has 1 N–H and O–H groups in total. The Morgan fingerprint density at radius 3 is 2.20 bits per heavy atom. The third-order valence-electron chi connectivity index (χ3n) is 4.89. The maximum absolute atomic E-state index is 12.9. The van der Waals surface area contributed by atoms with Crippen LogP contribution in [0.5, 0.6) is 0 Å². The van der Waals surface area contributed by atoms with E-state index in [1.807, 2.05) is 20.8 Å². The lowest BCUT2D eigenvalue weighted by molar-refractivity contribution is 0.0495. The molecular formula is C23H30N2O5. The maximum Gasteiger partial charge on any atom is 0.355 e. The van der Waals surface area contributed by atoms with E-state index in [0.717, 1.165) is 12.8 Å². The topological polar surface area (TPSA) is 86.6 Å². The van der Waals surface area contributed by atoms with Crippen LogP contribution in [0.4, 0.5) is 5.69 Å². The predicted octanol–water partition coefficient (Wildman–Crippen LogP) is 4.51. The minimum Gasteiger partial charge on any atom is -0.462 e. The van der Waals surface area contributed by atoms with Crippen molar-refractivity contribution in [3.63, 3.8) is 0 Å². The van der Waals surface area contributed by atoms with E-state index in [-0.39, 0.29) is 18.5 Å². The second-order valence-electron chi connectivity index (χ2n) is 6.92. The number of esters is 2.